The SMILES string of the molecule is COc1cc(S(=O)(=O)NCc2ccco2)c(OC)cc1Cl. The van der Waals surface area contributed by atoms with Crippen LogP contribution in [0.2, 0.25) is 5.02 Å². The average molecular weight is 332 g/mol. The quantitative estimate of drug-likeness (QED) is 0.879. The van der Waals surface area contributed by atoms with Gasteiger partial charge in [-0.05, 0) is 12.1 Å². The smallest absolute Gasteiger partial charge is 0.244 e. The highest BCUT2D eigenvalue weighted by molar-refractivity contribution is 7.89. The molecule has 0 spiro atoms. The van der Waals surface area contributed by atoms with E-state index in [0.29, 0.717) is 5.76 Å². The van der Waals surface area contributed by atoms with Gasteiger partial charge in [0.1, 0.15) is 22.2 Å². The molecule has 0 atom stereocenters. The molecule has 0 radical (unpaired) electrons. The minimum atomic E-state index is -3.80. The van der Waals surface area contributed by atoms with Crippen LogP contribution in [0.5, 0.6) is 11.5 Å². The van der Waals surface area contributed by atoms with E-state index in [-0.39, 0.29) is 28.0 Å². The molecular formula is C13H14ClNO5S. The van der Waals surface area contributed by atoms with Gasteiger partial charge >= 0.3 is 0 Å². The van der Waals surface area contributed by atoms with Crippen molar-refractivity contribution in [2.24, 2.45) is 0 Å². The van der Waals surface area contributed by atoms with Gasteiger partial charge in [-0.2, -0.15) is 0 Å². The summed E-state index contributed by atoms with van der Waals surface area (Å²) in [5.41, 5.74) is 0. The second-order valence-corrected chi connectivity index (χ2v) is 6.18. The molecule has 0 saturated carbocycles. The largest absolute Gasteiger partial charge is 0.495 e. The first-order valence-electron chi connectivity index (χ1n) is 5.91. The van der Waals surface area contributed by atoms with E-state index in [0.717, 1.165) is 0 Å². The summed E-state index contributed by atoms with van der Waals surface area (Å²) in [6.45, 7) is 0.0312. The molecule has 0 unspecified atom stereocenters. The molecule has 114 valence electrons. The van der Waals surface area contributed by atoms with E-state index in [1.165, 1.54) is 32.6 Å². The first kappa shape index (κ1) is 15.7. The number of hydrogen-bond acceptors (Lipinski definition) is 5. The van der Waals surface area contributed by atoms with Crippen molar-refractivity contribution in [3.05, 3.63) is 41.3 Å². The van der Waals surface area contributed by atoms with Crippen LogP contribution in [0.4, 0.5) is 0 Å². The monoisotopic (exact) mass is 331 g/mol. The molecule has 0 amide bonds. The number of methoxy groups -OCH3 is 2. The Morgan fingerprint density at radius 2 is 1.95 bits per heavy atom. The van der Waals surface area contributed by atoms with Gasteiger partial charge in [-0.3, -0.25) is 0 Å². The fraction of sp³-hybridized carbons (Fsp3) is 0.231. The highest BCUT2D eigenvalue weighted by Gasteiger charge is 2.22. The third-order valence-electron chi connectivity index (χ3n) is 2.74. The van der Waals surface area contributed by atoms with Crippen LogP contribution < -0.4 is 14.2 Å². The number of sulfonamides is 1. The zero-order valence-corrected chi connectivity index (χ0v) is 13.0. The normalized spacial score (nSPS) is 11.4. The molecule has 2 aromatic rings. The summed E-state index contributed by atoms with van der Waals surface area (Å²) >= 11 is 5.95. The second-order valence-electron chi connectivity index (χ2n) is 4.04. The molecule has 1 aromatic carbocycles. The van der Waals surface area contributed by atoms with Crippen molar-refractivity contribution in [1.82, 2.24) is 4.72 Å². The Labute approximate surface area is 127 Å². The van der Waals surface area contributed by atoms with Crippen LogP contribution in [0.15, 0.2) is 39.8 Å². The van der Waals surface area contributed by atoms with Gasteiger partial charge in [0.2, 0.25) is 10.0 Å². The van der Waals surface area contributed by atoms with Crippen LogP contribution in [-0.4, -0.2) is 22.6 Å². The highest BCUT2D eigenvalue weighted by Crippen LogP contribution is 2.34. The molecule has 1 N–H and O–H groups in total. The zero-order chi connectivity index (χ0) is 15.5. The number of halogens is 1. The Bertz CT molecular complexity index is 712. The Kier molecular flexibility index (Phi) is 4.76. The molecular weight excluding hydrogens is 318 g/mol. The number of ether oxygens (including phenoxy) is 2. The minimum Gasteiger partial charge on any atom is -0.495 e. The van der Waals surface area contributed by atoms with Crippen LogP contribution >= 0.6 is 11.6 Å². The standard InChI is InChI=1S/C13H14ClNO5S/c1-18-11-7-13(12(19-2)6-10(11)14)21(16,17)15-8-9-4-3-5-20-9/h3-7,15H,8H2,1-2H3. The highest BCUT2D eigenvalue weighted by atomic mass is 35.5. The predicted octanol–water partition coefficient (Wildman–Crippen LogP) is 2.43. The van der Waals surface area contributed by atoms with Gasteiger partial charge in [0.05, 0.1) is 32.1 Å². The molecule has 6 nitrogen and oxygen atoms in total. The lowest BCUT2D eigenvalue weighted by atomic mass is 10.3. The minimum absolute atomic E-state index is 0.0312. The Hall–Kier alpha value is -1.70. The Morgan fingerprint density at radius 3 is 2.52 bits per heavy atom. The van der Waals surface area contributed by atoms with Crippen LogP contribution in [0, 0.1) is 0 Å². The maximum absolute atomic E-state index is 12.4. The van der Waals surface area contributed by atoms with Crippen LogP contribution in [-0.2, 0) is 16.6 Å². The first-order valence-corrected chi connectivity index (χ1v) is 7.77. The van der Waals surface area contributed by atoms with Crippen LogP contribution in [0.25, 0.3) is 0 Å². The molecule has 0 aliphatic rings. The molecule has 8 heteroatoms. The summed E-state index contributed by atoms with van der Waals surface area (Å²) in [4.78, 5) is -0.0576. The predicted molar refractivity (Wildman–Crippen MR) is 77.3 cm³/mol. The summed E-state index contributed by atoms with van der Waals surface area (Å²) in [5.74, 6) is 0.877. The number of benzene rings is 1. The Balaban J connectivity index is 2.34. The lowest BCUT2D eigenvalue weighted by Crippen LogP contribution is -2.23. The van der Waals surface area contributed by atoms with Gasteiger partial charge in [0.25, 0.3) is 0 Å². The van der Waals surface area contributed by atoms with Crippen molar-refractivity contribution < 1.29 is 22.3 Å². The summed E-state index contributed by atoms with van der Waals surface area (Å²) < 4.78 is 42.3. The third kappa shape index (κ3) is 3.49. The molecule has 0 fully saturated rings. The van der Waals surface area contributed by atoms with Crippen molar-refractivity contribution in [2.45, 2.75) is 11.4 Å². The number of rotatable bonds is 6. The van der Waals surface area contributed by atoms with Crippen molar-refractivity contribution in [3.63, 3.8) is 0 Å². The third-order valence-corrected chi connectivity index (χ3v) is 4.46. The van der Waals surface area contributed by atoms with Crippen molar-refractivity contribution >= 4 is 21.6 Å². The zero-order valence-electron chi connectivity index (χ0n) is 11.4. The molecule has 0 saturated heterocycles. The van der Waals surface area contributed by atoms with E-state index in [1.54, 1.807) is 12.1 Å². The van der Waals surface area contributed by atoms with E-state index < -0.39 is 10.0 Å². The molecule has 0 aliphatic carbocycles. The molecule has 1 heterocycles. The van der Waals surface area contributed by atoms with Crippen molar-refractivity contribution in [1.29, 1.82) is 0 Å². The lowest BCUT2D eigenvalue weighted by molar-refractivity contribution is 0.392. The van der Waals surface area contributed by atoms with Crippen LogP contribution in [0.1, 0.15) is 5.76 Å². The van der Waals surface area contributed by atoms with E-state index in [2.05, 4.69) is 4.72 Å². The number of nitrogens with one attached hydrogen (secondary N) is 1. The van der Waals surface area contributed by atoms with E-state index in [4.69, 9.17) is 25.5 Å². The number of hydrogen-bond donors (Lipinski definition) is 1. The maximum Gasteiger partial charge on any atom is 0.244 e. The van der Waals surface area contributed by atoms with Gasteiger partial charge in [-0.25, -0.2) is 13.1 Å². The summed E-state index contributed by atoms with van der Waals surface area (Å²) in [7, 11) is -1.03. The molecule has 21 heavy (non-hydrogen) atoms. The first-order chi connectivity index (χ1) is 9.97. The number of furan rings is 1. The van der Waals surface area contributed by atoms with Gasteiger partial charge in [-0.15, -0.1) is 0 Å². The summed E-state index contributed by atoms with van der Waals surface area (Å²) in [6, 6.07) is 6.05. The molecule has 0 bridgehead atoms. The topological polar surface area (TPSA) is 77.8 Å². The van der Waals surface area contributed by atoms with E-state index in [1.807, 2.05) is 0 Å². The maximum atomic E-state index is 12.4. The van der Waals surface area contributed by atoms with Gasteiger partial charge in [0.15, 0.2) is 0 Å². The average Bonchev–Trinajstić information content (AvgIpc) is 2.98. The molecule has 2 rings (SSSR count). The molecule has 1 aromatic heterocycles. The Morgan fingerprint density at radius 1 is 1.24 bits per heavy atom. The van der Waals surface area contributed by atoms with Crippen molar-refractivity contribution in [3.8, 4) is 11.5 Å². The van der Waals surface area contributed by atoms with Gasteiger partial charge in [0, 0.05) is 12.1 Å². The summed E-state index contributed by atoms with van der Waals surface area (Å²) in [5, 5.41) is 0.263. The molecule has 0 aliphatic heterocycles. The fourth-order valence-electron chi connectivity index (χ4n) is 1.70. The van der Waals surface area contributed by atoms with Crippen molar-refractivity contribution in [2.75, 3.05) is 14.2 Å². The second kappa shape index (κ2) is 6.38. The van der Waals surface area contributed by atoms with Gasteiger partial charge < -0.3 is 13.9 Å². The lowest BCUT2D eigenvalue weighted by Gasteiger charge is -2.13. The fourth-order valence-corrected chi connectivity index (χ4v) is 3.09. The van der Waals surface area contributed by atoms with Crippen LogP contribution in [0.3, 0.4) is 0 Å². The summed E-state index contributed by atoms with van der Waals surface area (Å²) in [6.07, 6.45) is 1.47. The van der Waals surface area contributed by atoms with E-state index >= 15 is 0 Å². The van der Waals surface area contributed by atoms with Gasteiger partial charge in [-0.1, -0.05) is 11.6 Å². The van der Waals surface area contributed by atoms with E-state index in [9.17, 15) is 8.42 Å².